The number of nitrogens with one attached hydrogen (secondary N) is 1. The maximum atomic E-state index is 12.4. The Morgan fingerprint density at radius 3 is 2.80 bits per heavy atom. The summed E-state index contributed by atoms with van der Waals surface area (Å²) in [5.41, 5.74) is 0.138. The quantitative estimate of drug-likeness (QED) is 0.878. The number of amides is 2. The Hall–Kier alpha value is -1.56. The van der Waals surface area contributed by atoms with Gasteiger partial charge in [0.25, 0.3) is 0 Å². The summed E-state index contributed by atoms with van der Waals surface area (Å²) >= 11 is 1.72. The Bertz CT molecular complexity index is 534. The third kappa shape index (κ3) is 2.28. The van der Waals surface area contributed by atoms with E-state index in [1.165, 1.54) is 10.4 Å². The predicted octanol–water partition coefficient (Wildman–Crippen LogP) is 2.21. The standard InChI is InChI=1S/C14H18N2O3S/c17-12(18)14(5-1-2-6-14)15-13(19)16-7-3-11-10(9-16)4-8-20-11/h4,8H,1-3,5-7,9H2,(H,15,19)(H,17,18). The van der Waals surface area contributed by atoms with Gasteiger partial charge in [0.05, 0.1) is 0 Å². The Labute approximate surface area is 121 Å². The summed E-state index contributed by atoms with van der Waals surface area (Å²) in [7, 11) is 0. The van der Waals surface area contributed by atoms with Gasteiger partial charge >= 0.3 is 12.0 Å². The predicted molar refractivity (Wildman–Crippen MR) is 75.8 cm³/mol. The zero-order valence-electron chi connectivity index (χ0n) is 11.2. The van der Waals surface area contributed by atoms with Crippen molar-refractivity contribution >= 4 is 23.3 Å². The second-order valence-electron chi connectivity index (χ2n) is 5.57. The van der Waals surface area contributed by atoms with Gasteiger partial charge in [0.2, 0.25) is 0 Å². The second kappa shape index (κ2) is 5.09. The number of thiophene rings is 1. The fourth-order valence-electron chi connectivity index (χ4n) is 3.08. The normalized spacial score (nSPS) is 20.5. The van der Waals surface area contributed by atoms with Crippen LogP contribution < -0.4 is 5.32 Å². The molecule has 5 nitrogen and oxygen atoms in total. The molecule has 1 saturated carbocycles. The molecule has 2 N–H and O–H groups in total. The van der Waals surface area contributed by atoms with Gasteiger partial charge in [0.15, 0.2) is 0 Å². The molecule has 0 aromatic carbocycles. The number of hydrogen-bond acceptors (Lipinski definition) is 3. The van der Waals surface area contributed by atoms with Crippen LogP contribution in [0.15, 0.2) is 11.4 Å². The van der Waals surface area contributed by atoms with E-state index in [1.807, 2.05) is 11.4 Å². The summed E-state index contributed by atoms with van der Waals surface area (Å²) in [6, 6.07) is 1.80. The summed E-state index contributed by atoms with van der Waals surface area (Å²) in [5.74, 6) is -0.906. The minimum Gasteiger partial charge on any atom is -0.480 e. The molecule has 2 aliphatic rings. The number of carboxylic acid groups (broad SMARTS) is 1. The Morgan fingerprint density at radius 2 is 2.10 bits per heavy atom. The topological polar surface area (TPSA) is 69.6 Å². The first-order valence-electron chi connectivity index (χ1n) is 6.96. The Balaban J connectivity index is 1.69. The van der Waals surface area contributed by atoms with E-state index in [9.17, 15) is 14.7 Å². The van der Waals surface area contributed by atoms with Crippen molar-refractivity contribution in [2.45, 2.75) is 44.2 Å². The zero-order valence-corrected chi connectivity index (χ0v) is 12.0. The summed E-state index contributed by atoms with van der Waals surface area (Å²) in [6.45, 7) is 1.25. The van der Waals surface area contributed by atoms with Crippen LogP contribution in [0.4, 0.5) is 4.79 Å². The van der Waals surface area contributed by atoms with Gasteiger partial charge < -0.3 is 15.3 Å². The van der Waals surface area contributed by atoms with Crippen molar-refractivity contribution in [2.75, 3.05) is 6.54 Å². The molecule has 108 valence electrons. The monoisotopic (exact) mass is 294 g/mol. The fraction of sp³-hybridized carbons (Fsp3) is 0.571. The molecule has 0 bridgehead atoms. The van der Waals surface area contributed by atoms with E-state index >= 15 is 0 Å². The number of carboxylic acids is 1. The molecule has 0 saturated heterocycles. The number of carbonyl (C=O) groups is 2. The third-order valence-corrected chi connectivity index (χ3v) is 5.33. The molecule has 1 aliphatic carbocycles. The minimum atomic E-state index is -1.05. The van der Waals surface area contributed by atoms with Crippen LogP contribution in [0.2, 0.25) is 0 Å². The maximum Gasteiger partial charge on any atom is 0.329 e. The van der Waals surface area contributed by atoms with Crippen molar-refractivity contribution in [1.82, 2.24) is 10.2 Å². The Kier molecular flexibility index (Phi) is 3.41. The van der Waals surface area contributed by atoms with Crippen LogP contribution in [-0.2, 0) is 17.8 Å². The average molecular weight is 294 g/mol. The molecule has 0 atom stereocenters. The van der Waals surface area contributed by atoms with E-state index < -0.39 is 11.5 Å². The molecule has 1 aliphatic heterocycles. The van der Waals surface area contributed by atoms with Crippen molar-refractivity contribution in [1.29, 1.82) is 0 Å². The summed E-state index contributed by atoms with van der Waals surface area (Å²) in [5, 5.41) is 14.2. The maximum absolute atomic E-state index is 12.4. The minimum absolute atomic E-state index is 0.244. The smallest absolute Gasteiger partial charge is 0.329 e. The Morgan fingerprint density at radius 1 is 1.35 bits per heavy atom. The molecule has 1 fully saturated rings. The molecule has 0 unspecified atom stereocenters. The number of hydrogen-bond donors (Lipinski definition) is 2. The molecule has 1 aromatic rings. The summed E-state index contributed by atoms with van der Waals surface area (Å²) in [4.78, 5) is 26.9. The molecular weight excluding hydrogens is 276 g/mol. The zero-order chi connectivity index (χ0) is 14.2. The number of nitrogens with zero attached hydrogens (tertiary/aromatic N) is 1. The van der Waals surface area contributed by atoms with Crippen LogP contribution in [0.5, 0.6) is 0 Å². The summed E-state index contributed by atoms with van der Waals surface area (Å²) in [6.07, 6.45) is 3.65. The van der Waals surface area contributed by atoms with E-state index in [0.717, 1.165) is 19.3 Å². The van der Waals surface area contributed by atoms with Crippen molar-refractivity contribution in [3.63, 3.8) is 0 Å². The van der Waals surface area contributed by atoms with Crippen molar-refractivity contribution in [3.05, 3.63) is 21.9 Å². The molecule has 2 amide bonds. The number of fused-ring (bicyclic) bond motifs is 1. The molecule has 0 spiro atoms. The first-order valence-corrected chi connectivity index (χ1v) is 7.84. The van der Waals surface area contributed by atoms with Crippen molar-refractivity contribution in [3.8, 4) is 0 Å². The van der Waals surface area contributed by atoms with Crippen LogP contribution in [0.25, 0.3) is 0 Å². The van der Waals surface area contributed by atoms with Gasteiger partial charge in [-0.05, 0) is 36.3 Å². The largest absolute Gasteiger partial charge is 0.480 e. The molecular formula is C14H18N2O3S. The SMILES string of the molecule is O=C(NC1(C(=O)O)CCCC1)N1CCc2sccc2C1. The molecule has 6 heteroatoms. The lowest BCUT2D eigenvalue weighted by Crippen LogP contribution is -2.56. The highest BCUT2D eigenvalue weighted by molar-refractivity contribution is 7.10. The fourth-order valence-corrected chi connectivity index (χ4v) is 3.97. The highest BCUT2D eigenvalue weighted by atomic mass is 32.1. The van der Waals surface area contributed by atoms with E-state index in [2.05, 4.69) is 5.32 Å². The van der Waals surface area contributed by atoms with Crippen LogP contribution in [0, 0.1) is 0 Å². The molecule has 2 heterocycles. The number of urea groups is 1. The van der Waals surface area contributed by atoms with Crippen LogP contribution >= 0.6 is 11.3 Å². The lowest BCUT2D eigenvalue weighted by atomic mass is 9.98. The van der Waals surface area contributed by atoms with Gasteiger partial charge in [0, 0.05) is 18.0 Å². The first-order chi connectivity index (χ1) is 9.61. The van der Waals surface area contributed by atoms with E-state index in [4.69, 9.17) is 0 Å². The number of aliphatic carboxylic acids is 1. The van der Waals surface area contributed by atoms with Gasteiger partial charge in [-0.15, -0.1) is 11.3 Å². The molecule has 0 radical (unpaired) electrons. The van der Waals surface area contributed by atoms with Gasteiger partial charge in [-0.2, -0.15) is 0 Å². The van der Waals surface area contributed by atoms with Gasteiger partial charge in [-0.1, -0.05) is 12.8 Å². The molecule has 3 rings (SSSR count). The number of rotatable bonds is 2. The van der Waals surface area contributed by atoms with Gasteiger partial charge in [0.1, 0.15) is 5.54 Å². The highest BCUT2D eigenvalue weighted by Crippen LogP contribution is 2.31. The van der Waals surface area contributed by atoms with Crippen LogP contribution in [-0.4, -0.2) is 34.1 Å². The summed E-state index contributed by atoms with van der Waals surface area (Å²) < 4.78 is 0. The van der Waals surface area contributed by atoms with E-state index in [0.29, 0.717) is 25.9 Å². The van der Waals surface area contributed by atoms with E-state index in [-0.39, 0.29) is 6.03 Å². The molecule has 20 heavy (non-hydrogen) atoms. The van der Waals surface area contributed by atoms with Crippen LogP contribution in [0.1, 0.15) is 36.1 Å². The average Bonchev–Trinajstić information content (AvgIpc) is 3.06. The van der Waals surface area contributed by atoms with Crippen molar-refractivity contribution < 1.29 is 14.7 Å². The second-order valence-corrected chi connectivity index (χ2v) is 6.57. The van der Waals surface area contributed by atoms with Gasteiger partial charge in [-0.25, -0.2) is 9.59 Å². The molecule has 1 aromatic heterocycles. The van der Waals surface area contributed by atoms with Crippen LogP contribution in [0.3, 0.4) is 0 Å². The first kappa shape index (κ1) is 13.4. The van der Waals surface area contributed by atoms with E-state index in [1.54, 1.807) is 16.2 Å². The lowest BCUT2D eigenvalue weighted by molar-refractivity contribution is -0.144. The van der Waals surface area contributed by atoms with Crippen molar-refractivity contribution in [2.24, 2.45) is 0 Å². The third-order valence-electron chi connectivity index (χ3n) is 4.31. The lowest BCUT2D eigenvalue weighted by Gasteiger charge is -2.32. The highest BCUT2D eigenvalue weighted by Gasteiger charge is 2.43. The number of carbonyl (C=O) groups excluding carboxylic acids is 1. The van der Waals surface area contributed by atoms with Gasteiger partial charge in [-0.3, -0.25) is 0 Å².